The van der Waals surface area contributed by atoms with Gasteiger partial charge in [0.25, 0.3) is 0 Å². The smallest absolute Gasteiger partial charge is 0.302 e. The second-order valence-electron chi connectivity index (χ2n) is 4.47. The van der Waals surface area contributed by atoms with E-state index in [1.165, 1.54) is 6.92 Å². The molecular formula is C18H20O4. The van der Waals surface area contributed by atoms with Gasteiger partial charge in [-0.15, -0.1) is 0 Å². The molecule has 1 atom stereocenters. The molecule has 0 aliphatic rings. The number of carbonyl (C=O) groups excluding carboxylic acids is 2. The lowest BCUT2D eigenvalue weighted by Gasteiger charge is -2.09. The van der Waals surface area contributed by atoms with Gasteiger partial charge in [0.1, 0.15) is 6.10 Å². The Labute approximate surface area is 130 Å². The number of ether oxygens (including phenoxy) is 1. The van der Waals surface area contributed by atoms with Crippen LogP contribution in [0.25, 0.3) is 0 Å². The maximum absolute atomic E-state index is 11.9. The lowest BCUT2D eigenvalue weighted by Crippen LogP contribution is -2.11. The maximum Gasteiger partial charge on any atom is 0.302 e. The minimum Gasteiger partial charge on any atom is -0.466 e. The van der Waals surface area contributed by atoms with Crippen LogP contribution in [-0.2, 0) is 9.53 Å². The van der Waals surface area contributed by atoms with Crippen LogP contribution in [0.15, 0.2) is 60.7 Å². The van der Waals surface area contributed by atoms with Crippen molar-refractivity contribution in [3.8, 4) is 0 Å². The predicted octanol–water partition coefficient (Wildman–Crippen LogP) is 3.17. The number of hydrogen-bond donors (Lipinski definition) is 1. The lowest BCUT2D eigenvalue weighted by atomic mass is 10.0. The number of esters is 1. The third-order valence-electron chi connectivity index (χ3n) is 2.77. The molecule has 2 rings (SSSR count). The van der Waals surface area contributed by atoms with E-state index in [1.54, 1.807) is 55.5 Å². The maximum atomic E-state index is 11.9. The first-order valence-electron chi connectivity index (χ1n) is 7.02. The van der Waals surface area contributed by atoms with E-state index in [9.17, 15) is 14.7 Å². The molecule has 116 valence electrons. The van der Waals surface area contributed by atoms with Crippen LogP contribution in [0.3, 0.4) is 0 Å². The molecule has 0 bridgehead atoms. The molecule has 4 heteroatoms. The first-order valence-corrected chi connectivity index (χ1v) is 7.02. The summed E-state index contributed by atoms with van der Waals surface area (Å²) in [5.41, 5.74) is 1.15. The molecule has 1 unspecified atom stereocenters. The molecule has 0 spiro atoms. The van der Waals surface area contributed by atoms with Crippen molar-refractivity contribution in [2.45, 2.75) is 20.0 Å². The molecule has 0 saturated heterocycles. The molecule has 0 radical (unpaired) electrons. The number of rotatable bonds is 4. The number of benzene rings is 2. The molecule has 2 aromatic rings. The zero-order valence-corrected chi connectivity index (χ0v) is 12.7. The summed E-state index contributed by atoms with van der Waals surface area (Å²) in [5, 5.41) is 9.89. The van der Waals surface area contributed by atoms with Gasteiger partial charge in [0, 0.05) is 12.5 Å². The summed E-state index contributed by atoms with van der Waals surface area (Å²) in [7, 11) is 0. The Morgan fingerprint density at radius 1 is 1.00 bits per heavy atom. The summed E-state index contributed by atoms with van der Waals surface area (Å²) in [5.74, 6) is -0.482. The molecule has 0 aliphatic heterocycles. The standard InChI is InChI=1S/C14H12O2.C4H8O2/c15-13(11-7-3-1-4-8-11)14(16)12-9-5-2-6-10-12;1-3-6-4(2)5/h1-10,13,15H;3H2,1-2H3. The highest BCUT2D eigenvalue weighted by Crippen LogP contribution is 2.17. The van der Waals surface area contributed by atoms with E-state index in [0.29, 0.717) is 17.7 Å². The van der Waals surface area contributed by atoms with Gasteiger partial charge in [0.15, 0.2) is 5.78 Å². The van der Waals surface area contributed by atoms with Crippen LogP contribution in [-0.4, -0.2) is 23.5 Å². The zero-order chi connectivity index (χ0) is 16.4. The summed E-state index contributed by atoms with van der Waals surface area (Å²) in [4.78, 5) is 21.7. The van der Waals surface area contributed by atoms with Crippen LogP contribution < -0.4 is 0 Å². The Kier molecular flexibility index (Phi) is 7.57. The van der Waals surface area contributed by atoms with Gasteiger partial charge in [0.2, 0.25) is 0 Å². The van der Waals surface area contributed by atoms with Crippen molar-refractivity contribution in [1.29, 1.82) is 0 Å². The number of ketones is 1. The summed E-state index contributed by atoms with van der Waals surface area (Å²) in [6.07, 6.45) is -1.08. The van der Waals surface area contributed by atoms with Gasteiger partial charge in [-0.2, -0.15) is 0 Å². The van der Waals surface area contributed by atoms with Gasteiger partial charge in [-0.3, -0.25) is 9.59 Å². The van der Waals surface area contributed by atoms with Crippen LogP contribution in [0.4, 0.5) is 0 Å². The van der Waals surface area contributed by atoms with E-state index in [-0.39, 0.29) is 11.8 Å². The summed E-state index contributed by atoms with van der Waals surface area (Å²) < 4.78 is 4.40. The highest BCUT2D eigenvalue weighted by molar-refractivity contribution is 5.99. The molecule has 0 fully saturated rings. The molecule has 2 aromatic carbocycles. The average molecular weight is 300 g/mol. The average Bonchev–Trinajstić information content (AvgIpc) is 2.55. The molecule has 0 aromatic heterocycles. The molecule has 4 nitrogen and oxygen atoms in total. The van der Waals surface area contributed by atoms with E-state index < -0.39 is 6.10 Å². The monoisotopic (exact) mass is 300 g/mol. The van der Waals surface area contributed by atoms with Crippen LogP contribution in [0.5, 0.6) is 0 Å². The first-order chi connectivity index (χ1) is 10.6. The van der Waals surface area contributed by atoms with Gasteiger partial charge in [-0.1, -0.05) is 60.7 Å². The topological polar surface area (TPSA) is 63.6 Å². The van der Waals surface area contributed by atoms with Gasteiger partial charge >= 0.3 is 5.97 Å². The van der Waals surface area contributed by atoms with Crippen molar-refractivity contribution in [2.75, 3.05) is 6.61 Å². The molecule has 0 amide bonds. The van der Waals surface area contributed by atoms with E-state index in [0.717, 1.165) is 0 Å². The second kappa shape index (κ2) is 9.47. The van der Waals surface area contributed by atoms with E-state index in [1.807, 2.05) is 12.1 Å². The minimum atomic E-state index is -1.08. The molecule has 0 aliphatic carbocycles. The van der Waals surface area contributed by atoms with Crippen molar-refractivity contribution in [1.82, 2.24) is 0 Å². The zero-order valence-electron chi connectivity index (χ0n) is 12.7. The largest absolute Gasteiger partial charge is 0.466 e. The first kappa shape index (κ1) is 17.6. The Hall–Kier alpha value is -2.46. The quantitative estimate of drug-likeness (QED) is 0.696. The fraction of sp³-hybridized carbons (Fsp3) is 0.222. The summed E-state index contributed by atoms with van der Waals surface area (Å²) >= 11 is 0. The van der Waals surface area contributed by atoms with Crippen molar-refractivity contribution >= 4 is 11.8 Å². The highest BCUT2D eigenvalue weighted by Gasteiger charge is 2.18. The number of aliphatic hydroxyl groups excluding tert-OH is 1. The molecule has 22 heavy (non-hydrogen) atoms. The fourth-order valence-corrected chi connectivity index (χ4v) is 1.75. The van der Waals surface area contributed by atoms with Gasteiger partial charge < -0.3 is 9.84 Å². The van der Waals surface area contributed by atoms with Crippen LogP contribution >= 0.6 is 0 Å². The van der Waals surface area contributed by atoms with Gasteiger partial charge in [-0.05, 0) is 12.5 Å². The normalized spacial score (nSPS) is 10.9. The third kappa shape index (κ3) is 5.89. The lowest BCUT2D eigenvalue weighted by molar-refractivity contribution is -0.140. The summed E-state index contributed by atoms with van der Waals surface area (Å²) in [6, 6.07) is 17.7. The fourth-order valence-electron chi connectivity index (χ4n) is 1.75. The van der Waals surface area contributed by atoms with E-state index in [4.69, 9.17) is 0 Å². The Balaban J connectivity index is 0.000000346. The van der Waals surface area contributed by atoms with Crippen molar-refractivity contribution < 1.29 is 19.4 Å². The molecular weight excluding hydrogens is 280 g/mol. The molecule has 1 N–H and O–H groups in total. The van der Waals surface area contributed by atoms with Crippen molar-refractivity contribution in [3.63, 3.8) is 0 Å². The minimum absolute atomic E-state index is 0.211. The van der Waals surface area contributed by atoms with Gasteiger partial charge in [-0.25, -0.2) is 0 Å². The van der Waals surface area contributed by atoms with Gasteiger partial charge in [0.05, 0.1) is 6.61 Å². The predicted molar refractivity (Wildman–Crippen MR) is 84.5 cm³/mol. The molecule has 0 saturated carbocycles. The Bertz CT molecular complexity index is 579. The number of carbonyl (C=O) groups is 2. The van der Waals surface area contributed by atoms with Crippen LogP contribution in [0.2, 0.25) is 0 Å². The SMILES string of the molecule is CCOC(C)=O.O=C(c1ccccc1)C(O)c1ccccc1. The van der Waals surface area contributed by atoms with Crippen LogP contribution in [0, 0.1) is 0 Å². The number of aliphatic hydroxyl groups is 1. The third-order valence-corrected chi connectivity index (χ3v) is 2.77. The Morgan fingerprint density at radius 2 is 1.50 bits per heavy atom. The summed E-state index contributed by atoms with van der Waals surface area (Å²) in [6.45, 7) is 3.65. The molecule has 0 heterocycles. The second-order valence-corrected chi connectivity index (χ2v) is 4.47. The number of hydrogen-bond acceptors (Lipinski definition) is 4. The van der Waals surface area contributed by atoms with E-state index in [2.05, 4.69) is 4.74 Å². The Morgan fingerprint density at radius 3 is 1.91 bits per heavy atom. The van der Waals surface area contributed by atoms with Crippen LogP contribution in [0.1, 0.15) is 35.9 Å². The highest BCUT2D eigenvalue weighted by atomic mass is 16.5. The number of Topliss-reactive ketones (excluding diaryl/α,β-unsaturated/α-hetero) is 1. The van der Waals surface area contributed by atoms with E-state index >= 15 is 0 Å². The van der Waals surface area contributed by atoms with Crippen molar-refractivity contribution in [2.24, 2.45) is 0 Å². The van der Waals surface area contributed by atoms with Crippen molar-refractivity contribution in [3.05, 3.63) is 71.8 Å².